The minimum atomic E-state index is -0.416. The van der Waals surface area contributed by atoms with Crippen molar-refractivity contribution >= 4 is 17.6 Å². The predicted octanol–water partition coefficient (Wildman–Crippen LogP) is 1.17. The van der Waals surface area contributed by atoms with Gasteiger partial charge in [-0.15, -0.1) is 0 Å². The molecular formula is C14H20N2O4. The second-order valence-electron chi connectivity index (χ2n) is 4.15. The molecule has 1 atom stereocenters. The van der Waals surface area contributed by atoms with Crippen molar-refractivity contribution in [2.24, 2.45) is 5.73 Å². The van der Waals surface area contributed by atoms with Gasteiger partial charge >= 0.3 is 5.97 Å². The number of hydrogen-bond acceptors (Lipinski definition) is 5. The van der Waals surface area contributed by atoms with Gasteiger partial charge in [-0.05, 0) is 25.1 Å². The van der Waals surface area contributed by atoms with Crippen molar-refractivity contribution in [3.63, 3.8) is 0 Å². The number of anilines is 1. The highest BCUT2D eigenvalue weighted by Crippen LogP contribution is 2.12. The van der Waals surface area contributed by atoms with Gasteiger partial charge in [0.25, 0.3) is 0 Å². The molecule has 1 unspecified atom stereocenters. The highest BCUT2D eigenvalue weighted by molar-refractivity contribution is 5.94. The summed E-state index contributed by atoms with van der Waals surface area (Å²) in [6.07, 6.45) is -0.153. The number of rotatable bonds is 7. The molecule has 1 aromatic carbocycles. The fraction of sp³-hybridized carbons (Fsp3) is 0.429. The van der Waals surface area contributed by atoms with Crippen LogP contribution in [0.15, 0.2) is 24.3 Å². The van der Waals surface area contributed by atoms with E-state index < -0.39 is 5.97 Å². The maximum absolute atomic E-state index is 11.8. The van der Waals surface area contributed by atoms with Crippen LogP contribution in [-0.2, 0) is 14.3 Å². The van der Waals surface area contributed by atoms with Crippen molar-refractivity contribution in [1.29, 1.82) is 0 Å². The molecule has 0 saturated carbocycles. The Morgan fingerprint density at radius 2 is 2.15 bits per heavy atom. The quantitative estimate of drug-likeness (QED) is 0.731. The number of ether oxygens (including phenoxy) is 2. The number of methoxy groups -OCH3 is 1. The number of carbonyl (C=O) groups is 2. The average Bonchev–Trinajstić information content (AvgIpc) is 2.45. The molecule has 3 N–H and O–H groups in total. The first-order valence-electron chi connectivity index (χ1n) is 6.40. The predicted molar refractivity (Wildman–Crippen MR) is 75.5 cm³/mol. The van der Waals surface area contributed by atoms with Crippen LogP contribution in [0, 0.1) is 0 Å². The van der Waals surface area contributed by atoms with Crippen LogP contribution in [0.3, 0.4) is 0 Å². The summed E-state index contributed by atoms with van der Waals surface area (Å²) in [7, 11) is 1.51. The molecule has 6 heteroatoms. The van der Waals surface area contributed by atoms with E-state index in [-0.39, 0.29) is 25.0 Å². The van der Waals surface area contributed by atoms with Gasteiger partial charge in [0.1, 0.15) is 0 Å². The first-order valence-corrected chi connectivity index (χ1v) is 6.40. The number of nitrogens with two attached hydrogens (primary N) is 1. The summed E-state index contributed by atoms with van der Waals surface area (Å²) < 4.78 is 9.94. The molecule has 110 valence electrons. The third-order valence-electron chi connectivity index (χ3n) is 2.67. The van der Waals surface area contributed by atoms with E-state index in [9.17, 15) is 9.59 Å². The summed E-state index contributed by atoms with van der Waals surface area (Å²) >= 11 is 0. The molecule has 0 bridgehead atoms. The molecule has 1 amide bonds. The van der Waals surface area contributed by atoms with E-state index in [2.05, 4.69) is 5.32 Å². The summed E-state index contributed by atoms with van der Waals surface area (Å²) in [6, 6.07) is 6.58. The minimum absolute atomic E-state index is 0.163. The summed E-state index contributed by atoms with van der Waals surface area (Å²) in [6.45, 7) is 2.31. The first kappa shape index (κ1) is 16.1. The van der Waals surface area contributed by atoms with Crippen LogP contribution >= 0.6 is 0 Å². The fourth-order valence-electron chi connectivity index (χ4n) is 1.62. The van der Waals surface area contributed by atoms with Crippen LogP contribution < -0.4 is 11.1 Å². The summed E-state index contributed by atoms with van der Waals surface area (Å²) in [5.74, 6) is -0.636. The van der Waals surface area contributed by atoms with Crippen molar-refractivity contribution in [1.82, 2.24) is 0 Å². The molecule has 6 nitrogen and oxygen atoms in total. The molecule has 20 heavy (non-hydrogen) atoms. The standard InChI is InChI=1S/C14H20N2O4/c1-3-20-14(18)10-5-4-6-11(7-10)16-13(17)8-12(9-15)19-2/h4-7,12H,3,8-9,15H2,1-2H3,(H,16,17). The second kappa shape index (κ2) is 8.29. The third-order valence-corrected chi connectivity index (χ3v) is 2.67. The Morgan fingerprint density at radius 1 is 1.40 bits per heavy atom. The van der Waals surface area contributed by atoms with E-state index in [0.717, 1.165) is 0 Å². The largest absolute Gasteiger partial charge is 0.462 e. The van der Waals surface area contributed by atoms with Crippen LogP contribution in [0.25, 0.3) is 0 Å². The maximum atomic E-state index is 11.8. The molecule has 0 aliphatic rings. The first-order chi connectivity index (χ1) is 9.60. The average molecular weight is 280 g/mol. The van der Waals surface area contributed by atoms with Gasteiger partial charge in [0.2, 0.25) is 5.91 Å². The monoisotopic (exact) mass is 280 g/mol. The maximum Gasteiger partial charge on any atom is 0.338 e. The van der Waals surface area contributed by atoms with Crippen LogP contribution in [-0.4, -0.2) is 38.2 Å². The molecule has 0 radical (unpaired) electrons. The topological polar surface area (TPSA) is 90.7 Å². The smallest absolute Gasteiger partial charge is 0.338 e. The Morgan fingerprint density at radius 3 is 2.75 bits per heavy atom. The molecule has 0 aromatic heterocycles. The lowest BCUT2D eigenvalue weighted by atomic mass is 10.2. The Labute approximate surface area is 118 Å². The van der Waals surface area contributed by atoms with Crippen LogP contribution in [0.4, 0.5) is 5.69 Å². The molecular weight excluding hydrogens is 260 g/mol. The molecule has 0 saturated heterocycles. The van der Waals surface area contributed by atoms with E-state index in [1.54, 1.807) is 31.2 Å². The zero-order valence-corrected chi connectivity index (χ0v) is 11.7. The Kier molecular flexibility index (Phi) is 6.69. The van der Waals surface area contributed by atoms with E-state index in [0.29, 0.717) is 17.9 Å². The van der Waals surface area contributed by atoms with Crippen LogP contribution in [0.2, 0.25) is 0 Å². The minimum Gasteiger partial charge on any atom is -0.462 e. The second-order valence-corrected chi connectivity index (χ2v) is 4.15. The number of esters is 1. The van der Waals surface area contributed by atoms with Crippen molar-refractivity contribution in [2.45, 2.75) is 19.4 Å². The lowest BCUT2D eigenvalue weighted by Gasteiger charge is -2.13. The lowest BCUT2D eigenvalue weighted by molar-refractivity contribution is -0.118. The zero-order chi connectivity index (χ0) is 15.0. The van der Waals surface area contributed by atoms with Gasteiger partial charge in [-0.25, -0.2) is 4.79 Å². The van der Waals surface area contributed by atoms with Crippen molar-refractivity contribution in [3.05, 3.63) is 29.8 Å². The van der Waals surface area contributed by atoms with Gasteiger partial charge < -0.3 is 20.5 Å². The molecule has 0 spiro atoms. The van der Waals surface area contributed by atoms with Gasteiger partial charge in [-0.2, -0.15) is 0 Å². The molecule has 1 aromatic rings. The zero-order valence-electron chi connectivity index (χ0n) is 11.7. The van der Waals surface area contributed by atoms with E-state index in [4.69, 9.17) is 15.2 Å². The Balaban J connectivity index is 2.66. The van der Waals surface area contributed by atoms with Crippen LogP contribution in [0.1, 0.15) is 23.7 Å². The van der Waals surface area contributed by atoms with Gasteiger partial charge in [0.15, 0.2) is 0 Å². The lowest BCUT2D eigenvalue weighted by Crippen LogP contribution is -2.28. The summed E-state index contributed by atoms with van der Waals surface area (Å²) in [5.41, 5.74) is 6.39. The van der Waals surface area contributed by atoms with Gasteiger partial charge in [0.05, 0.1) is 24.7 Å². The molecule has 0 heterocycles. The number of nitrogens with one attached hydrogen (secondary N) is 1. The van der Waals surface area contributed by atoms with Gasteiger partial charge in [-0.1, -0.05) is 6.07 Å². The SMILES string of the molecule is CCOC(=O)c1cccc(NC(=O)CC(CN)OC)c1. The summed E-state index contributed by atoms with van der Waals surface area (Å²) in [5, 5.41) is 2.70. The normalized spacial score (nSPS) is 11.8. The Hall–Kier alpha value is -1.92. The Bertz CT molecular complexity index is 458. The fourth-order valence-corrected chi connectivity index (χ4v) is 1.62. The van der Waals surface area contributed by atoms with E-state index >= 15 is 0 Å². The van der Waals surface area contributed by atoms with E-state index in [1.165, 1.54) is 7.11 Å². The highest BCUT2D eigenvalue weighted by atomic mass is 16.5. The third kappa shape index (κ3) is 4.99. The van der Waals surface area contributed by atoms with Crippen molar-refractivity contribution in [2.75, 3.05) is 25.6 Å². The van der Waals surface area contributed by atoms with E-state index in [1.807, 2.05) is 0 Å². The summed E-state index contributed by atoms with van der Waals surface area (Å²) in [4.78, 5) is 23.4. The van der Waals surface area contributed by atoms with Crippen molar-refractivity contribution < 1.29 is 19.1 Å². The highest BCUT2D eigenvalue weighted by Gasteiger charge is 2.12. The number of carbonyl (C=O) groups excluding carboxylic acids is 2. The molecule has 0 fully saturated rings. The number of hydrogen-bond donors (Lipinski definition) is 2. The molecule has 1 rings (SSSR count). The molecule has 0 aliphatic carbocycles. The number of amides is 1. The number of benzene rings is 1. The van der Waals surface area contributed by atoms with Crippen molar-refractivity contribution in [3.8, 4) is 0 Å². The molecule has 0 aliphatic heterocycles. The van der Waals surface area contributed by atoms with Gasteiger partial charge in [-0.3, -0.25) is 4.79 Å². The van der Waals surface area contributed by atoms with Crippen LogP contribution in [0.5, 0.6) is 0 Å². The van der Waals surface area contributed by atoms with Gasteiger partial charge in [0, 0.05) is 19.3 Å².